The smallest absolute Gasteiger partial charge is 0.363 e. The molecule has 1 aromatic carbocycles. The third kappa shape index (κ3) is 2.61. The van der Waals surface area contributed by atoms with E-state index in [2.05, 4.69) is 4.99 Å². The summed E-state index contributed by atoms with van der Waals surface area (Å²) in [5, 5.41) is 10.7. The lowest BCUT2D eigenvalue weighted by Crippen LogP contribution is -2.06. The normalized spacial score (nSPS) is 15.8. The topological polar surface area (TPSA) is 94.9 Å². The highest BCUT2D eigenvalue weighted by Gasteiger charge is 2.26. The molecule has 8 heteroatoms. The van der Waals surface area contributed by atoms with Crippen LogP contribution in [0.5, 0.6) is 0 Å². The van der Waals surface area contributed by atoms with E-state index < -0.39 is 10.9 Å². The van der Waals surface area contributed by atoms with Crippen molar-refractivity contribution in [1.82, 2.24) is 0 Å². The first-order valence-corrected chi connectivity index (χ1v) is 6.43. The molecular formula is C14H7ClN2O5. The van der Waals surface area contributed by atoms with Gasteiger partial charge in [0.2, 0.25) is 5.90 Å². The number of halogens is 1. The van der Waals surface area contributed by atoms with Gasteiger partial charge in [-0.3, -0.25) is 10.1 Å². The quantitative estimate of drug-likeness (QED) is 0.375. The molecular weight excluding hydrogens is 312 g/mol. The molecule has 0 radical (unpaired) electrons. The van der Waals surface area contributed by atoms with Crippen LogP contribution in [0.4, 0.5) is 5.69 Å². The van der Waals surface area contributed by atoms with Crippen LogP contribution < -0.4 is 0 Å². The van der Waals surface area contributed by atoms with Crippen molar-refractivity contribution in [2.75, 3.05) is 0 Å². The van der Waals surface area contributed by atoms with Crippen LogP contribution >= 0.6 is 11.6 Å². The predicted molar refractivity (Wildman–Crippen MR) is 77.4 cm³/mol. The van der Waals surface area contributed by atoms with Crippen LogP contribution in [0.25, 0.3) is 6.08 Å². The average molecular weight is 319 g/mol. The number of ether oxygens (including phenoxy) is 1. The molecule has 1 aliphatic heterocycles. The van der Waals surface area contributed by atoms with E-state index in [9.17, 15) is 14.9 Å². The van der Waals surface area contributed by atoms with E-state index in [0.717, 1.165) is 0 Å². The van der Waals surface area contributed by atoms with E-state index in [0.29, 0.717) is 11.3 Å². The zero-order valence-electron chi connectivity index (χ0n) is 10.9. The minimum absolute atomic E-state index is 0.0114. The van der Waals surface area contributed by atoms with Gasteiger partial charge in [-0.25, -0.2) is 9.79 Å². The Morgan fingerprint density at radius 3 is 2.77 bits per heavy atom. The molecule has 7 nitrogen and oxygen atoms in total. The number of nitro benzene ring substituents is 1. The highest BCUT2D eigenvalue weighted by Crippen LogP contribution is 2.27. The fourth-order valence-electron chi connectivity index (χ4n) is 1.82. The summed E-state index contributed by atoms with van der Waals surface area (Å²) in [6, 6.07) is 7.13. The molecule has 22 heavy (non-hydrogen) atoms. The van der Waals surface area contributed by atoms with Crippen molar-refractivity contribution in [3.05, 3.63) is 68.8 Å². The Bertz CT molecular complexity index is 824. The van der Waals surface area contributed by atoms with Crippen molar-refractivity contribution in [2.24, 2.45) is 4.99 Å². The number of non-ortho nitro benzene ring substituents is 1. The second kappa shape index (κ2) is 5.45. The van der Waals surface area contributed by atoms with E-state index in [4.69, 9.17) is 20.8 Å². The molecule has 0 saturated carbocycles. The molecule has 110 valence electrons. The second-order valence-corrected chi connectivity index (χ2v) is 4.68. The van der Waals surface area contributed by atoms with Crippen LogP contribution in [0.15, 0.2) is 51.7 Å². The zero-order valence-corrected chi connectivity index (χ0v) is 11.6. The Morgan fingerprint density at radius 2 is 2.14 bits per heavy atom. The lowest BCUT2D eigenvalue weighted by Gasteiger charge is -2.02. The Balaban J connectivity index is 1.96. The summed E-state index contributed by atoms with van der Waals surface area (Å²) >= 11 is 5.98. The first-order valence-electron chi connectivity index (χ1n) is 6.05. The van der Waals surface area contributed by atoms with Crippen LogP contribution in [-0.4, -0.2) is 16.8 Å². The minimum Gasteiger partial charge on any atom is -0.465 e. The summed E-state index contributed by atoms with van der Waals surface area (Å²) in [5.74, 6) is -0.213. The molecule has 0 aliphatic carbocycles. The maximum atomic E-state index is 11.8. The van der Waals surface area contributed by atoms with Gasteiger partial charge in [0.1, 0.15) is 5.76 Å². The molecule has 0 bridgehead atoms. The molecule has 0 N–H and O–H groups in total. The minimum atomic E-state index is -0.652. The number of nitro groups is 1. The van der Waals surface area contributed by atoms with E-state index in [1.54, 1.807) is 12.1 Å². The van der Waals surface area contributed by atoms with Gasteiger partial charge in [0.05, 0.1) is 21.8 Å². The van der Waals surface area contributed by atoms with Crippen molar-refractivity contribution in [3.63, 3.8) is 0 Å². The van der Waals surface area contributed by atoms with Gasteiger partial charge >= 0.3 is 5.97 Å². The molecule has 0 fully saturated rings. The summed E-state index contributed by atoms with van der Waals surface area (Å²) < 4.78 is 10.1. The number of hydrogen-bond acceptors (Lipinski definition) is 6. The predicted octanol–water partition coefficient (Wildman–Crippen LogP) is 3.19. The van der Waals surface area contributed by atoms with Gasteiger partial charge in [0, 0.05) is 18.2 Å². The first kappa shape index (κ1) is 14.0. The van der Waals surface area contributed by atoms with Crippen molar-refractivity contribution in [3.8, 4) is 0 Å². The molecule has 0 spiro atoms. The van der Waals surface area contributed by atoms with E-state index in [1.807, 2.05) is 0 Å². The SMILES string of the molecule is O=C1OC(c2ccc([N+](=O)[O-])cc2Cl)=N/C1=C\c1ccco1. The summed E-state index contributed by atoms with van der Waals surface area (Å²) in [6.45, 7) is 0. The second-order valence-electron chi connectivity index (χ2n) is 4.27. The zero-order chi connectivity index (χ0) is 15.7. The van der Waals surface area contributed by atoms with Crippen molar-refractivity contribution < 1.29 is 18.9 Å². The molecule has 0 unspecified atom stereocenters. The highest BCUT2D eigenvalue weighted by atomic mass is 35.5. The number of rotatable bonds is 3. The van der Waals surface area contributed by atoms with Crippen LogP contribution in [0, 0.1) is 10.1 Å². The highest BCUT2D eigenvalue weighted by molar-refractivity contribution is 6.34. The van der Waals surface area contributed by atoms with E-state index >= 15 is 0 Å². The third-order valence-corrected chi connectivity index (χ3v) is 3.15. The van der Waals surface area contributed by atoms with Crippen molar-refractivity contribution in [2.45, 2.75) is 0 Å². The Morgan fingerprint density at radius 1 is 1.32 bits per heavy atom. The number of carbonyl (C=O) groups is 1. The maximum absolute atomic E-state index is 11.8. The number of aliphatic imine (C=N–C) groups is 1. The van der Waals surface area contributed by atoms with E-state index in [1.165, 1.54) is 30.5 Å². The fourth-order valence-corrected chi connectivity index (χ4v) is 2.08. The van der Waals surface area contributed by atoms with Crippen molar-refractivity contribution in [1.29, 1.82) is 0 Å². The van der Waals surface area contributed by atoms with Gasteiger partial charge in [-0.2, -0.15) is 0 Å². The van der Waals surface area contributed by atoms with Crippen LogP contribution in [-0.2, 0) is 9.53 Å². The third-order valence-electron chi connectivity index (χ3n) is 2.84. The van der Waals surface area contributed by atoms with Gasteiger partial charge < -0.3 is 9.15 Å². The number of furan rings is 1. The molecule has 2 heterocycles. The Labute approximate surface area is 128 Å². The van der Waals surface area contributed by atoms with Crippen molar-refractivity contribution >= 4 is 35.2 Å². The summed E-state index contributed by atoms with van der Waals surface area (Å²) in [4.78, 5) is 25.9. The summed E-state index contributed by atoms with van der Waals surface area (Å²) in [5.41, 5.74) is 0.188. The van der Waals surface area contributed by atoms with Gasteiger partial charge in [-0.1, -0.05) is 11.6 Å². The van der Waals surface area contributed by atoms with Crippen LogP contribution in [0.2, 0.25) is 5.02 Å². The van der Waals surface area contributed by atoms with Gasteiger partial charge in [-0.15, -0.1) is 0 Å². The molecule has 0 saturated heterocycles. The number of hydrogen-bond donors (Lipinski definition) is 0. The fraction of sp³-hybridized carbons (Fsp3) is 0. The average Bonchev–Trinajstić information content (AvgIpc) is 3.10. The molecule has 0 amide bonds. The first-order chi connectivity index (χ1) is 10.5. The molecule has 3 rings (SSSR count). The number of benzene rings is 1. The molecule has 2 aromatic rings. The molecule has 1 aliphatic rings. The molecule has 1 aromatic heterocycles. The monoisotopic (exact) mass is 318 g/mol. The van der Waals surface area contributed by atoms with Crippen LogP contribution in [0.3, 0.4) is 0 Å². The van der Waals surface area contributed by atoms with Gasteiger partial charge in [0.25, 0.3) is 5.69 Å². The van der Waals surface area contributed by atoms with E-state index in [-0.39, 0.29) is 22.3 Å². The number of carbonyl (C=O) groups excluding carboxylic acids is 1. The van der Waals surface area contributed by atoms with Crippen LogP contribution in [0.1, 0.15) is 11.3 Å². The van der Waals surface area contributed by atoms with Gasteiger partial charge in [0.15, 0.2) is 5.70 Å². The summed E-state index contributed by atoms with van der Waals surface area (Å²) in [6.07, 6.45) is 2.89. The largest absolute Gasteiger partial charge is 0.465 e. The van der Waals surface area contributed by atoms with Gasteiger partial charge in [-0.05, 0) is 18.2 Å². The number of esters is 1. The Kier molecular flexibility index (Phi) is 3.48. The standard InChI is InChI=1S/C14H7ClN2O5/c15-11-6-8(17(19)20)3-4-10(11)13-16-12(14(18)22-13)7-9-2-1-5-21-9/h1-7H/b12-7-. The number of cyclic esters (lactones) is 1. The number of nitrogens with zero attached hydrogens (tertiary/aromatic N) is 2. The Hall–Kier alpha value is -2.93. The lowest BCUT2D eigenvalue weighted by atomic mass is 10.2. The molecule has 0 atom stereocenters. The maximum Gasteiger partial charge on any atom is 0.363 e. The lowest BCUT2D eigenvalue weighted by molar-refractivity contribution is -0.384. The summed E-state index contributed by atoms with van der Waals surface area (Å²) in [7, 11) is 0.